The summed E-state index contributed by atoms with van der Waals surface area (Å²) < 4.78 is 5.59. The van der Waals surface area contributed by atoms with Gasteiger partial charge in [0.05, 0.1) is 12.7 Å². The van der Waals surface area contributed by atoms with Crippen molar-refractivity contribution in [3.63, 3.8) is 0 Å². The number of rotatable bonds is 7. The number of aliphatic hydroxyl groups is 1. The molecule has 0 heterocycles. The van der Waals surface area contributed by atoms with E-state index >= 15 is 0 Å². The zero-order chi connectivity index (χ0) is 11.8. The molecule has 3 heteroatoms. The van der Waals surface area contributed by atoms with E-state index in [1.165, 1.54) is 5.75 Å². The van der Waals surface area contributed by atoms with Gasteiger partial charge in [0.15, 0.2) is 0 Å². The third-order valence-corrected chi connectivity index (χ3v) is 3.25. The predicted molar refractivity (Wildman–Crippen MR) is 70.2 cm³/mol. The molecular formula is C13H20O2S. The van der Waals surface area contributed by atoms with E-state index in [0.29, 0.717) is 0 Å². The lowest BCUT2D eigenvalue weighted by molar-refractivity contribution is 0.199. The van der Waals surface area contributed by atoms with Gasteiger partial charge in [0, 0.05) is 0 Å². The van der Waals surface area contributed by atoms with Gasteiger partial charge < -0.3 is 9.84 Å². The lowest BCUT2D eigenvalue weighted by atomic mass is 10.1. The molecule has 0 aliphatic heterocycles. The molecule has 0 saturated carbocycles. The van der Waals surface area contributed by atoms with Gasteiger partial charge in [-0.1, -0.05) is 19.1 Å². The van der Waals surface area contributed by atoms with Crippen molar-refractivity contribution in [3.05, 3.63) is 29.8 Å². The molecule has 90 valence electrons. The smallest absolute Gasteiger partial charge is 0.119 e. The molecule has 0 aliphatic carbocycles. The largest absolute Gasteiger partial charge is 0.494 e. The van der Waals surface area contributed by atoms with Gasteiger partial charge in [-0.2, -0.15) is 11.8 Å². The molecule has 0 radical (unpaired) electrons. The zero-order valence-electron chi connectivity index (χ0n) is 9.98. The van der Waals surface area contributed by atoms with E-state index in [4.69, 9.17) is 4.74 Å². The monoisotopic (exact) mass is 240 g/mol. The van der Waals surface area contributed by atoms with Gasteiger partial charge in [-0.25, -0.2) is 0 Å². The van der Waals surface area contributed by atoms with E-state index < -0.39 is 6.10 Å². The Hall–Kier alpha value is -0.670. The van der Waals surface area contributed by atoms with Crippen LogP contribution < -0.4 is 4.74 Å². The Balaban J connectivity index is 2.27. The summed E-state index contributed by atoms with van der Waals surface area (Å²) in [5.41, 5.74) is 0.925. The van der Waals surface area contributed by atoms with E-state index in [1.54, 1.807) is 6.92 Å². The molecule has 0 fully saturated rings. The first-order valence-electron chi connectivity index (χ1n) is 5.72. The molecule has 0 aromatic heterocycles. The number of thioether (sulfide) groups is 1. The van der Waals surface area contributed by atoms with Gasteiger partial charge in [0.25, 0.3) is 0 Å². The molecule has 1 rings (SSSR count). The third-order valence-electron chi connectivity index (χ3n) is 2.27. The summed E-state index contributed by atoms with van der Waals surface area (Å²) in [6, 6.07) is 7.63. The topological polar surface area (TPSA) is 29.5 Å². The minimum absolute atomic E-state index is 0.407. The molecule has 1 N–H and O–H groups in total. The second kappa shape index (κ2) is 7.58. The minimum Gasteiger partial charge on any atom is -0.494 e. The maximum Gasteiger partial charge on any atom is 0.119 e. The van der Waals surface area contributed by atoms with Crippen LogP contribution in [-0.4, -0.2) is 23.2 Å². The average Bonchev–Trinajstić information content (AvgIpc) is 2.29. The SMILES string of the molecule is CCSCCCOc1ccc([C@H](C)O)cc1. The Morgan fingerprint density at radius 1 is 1.31 bits per heavy atom. The van der Waals surface area contributed by atoms with Crippen LogP contribution in [0.2, 0.25) is 0 Å². The molecular weight excluding hydrogens is 220 g/mol. The Kier molecular flexibility index (Phi) is 6.34. The van der Waals surface area contributed by atoms with E-state index in [0.717, 1.165) is 30.1 Å². The molecule has 1 aromatic carbocycles. The zero-order valence-corrected chi connectivity index (χ0v) is 10.8. The fourth-order valence-electron chi connectivity index (χ4n) is 1.34. The van der Waals surface area contributed by atoms with E-state index in [2.05, 4.69) is 6.92 Å². The highest BCUT2D eigenvalue weighted by Crippen LogP contribution is 2.17. The van der Waals surface area contributed by atoms with Crippen LogP contribution in [0.25, 0.3) is 0 Å². The standard InChI is InChI=1S/C13H20O2S/c1-3-16-10-4-9-15-13-7-5-12(6-8-13)11(2)14/h5-8,11,14H,3-4,9-10H2,1-2H3/t11-/m0/s1. The van der Waals surface area contributed by atoms with Crippen molar-refractivity contribution in [2.45, 2.75) is 26.4 Å². The molecule has 16 heavy (non-hydrogen) atoms. The van der Waals surface area contributed by atoms with Crippen LogP contribution in [0, 0.1) is 0 Å². The summed E-state index contributed by atoms with van der Waals surface area (Å²) in [4.78, 5) is 0. The van der Waals surface area contributed by atoms with Crippen molar-refractivity contribution in [3.8, 4) is 5.75 Å². The summed E-state index contributed by atoms with van der Waals surface area (Å²) in [5, 5.41) is 9.34. The predicted octanol–water partition coefficient (Wildman–Crippen LogP) is 3.26. The van der Waals surface area contributed by atoms with Crippen LogP contribution >= 0.6 is 11.8 Å². The lowest BCUT2D eigenvalue weighted by Crippen LogP contribution is -1.99. The van der Waals surface area contributed by atoms with Crippen molar-refractivity contribution in [2.24, 2.45) is 0 Å². The Morgan fingerprint density at radius 2 is 2.00 bits per heavy atom. The van der Waals surface area contributed by atoms with Gasteiger partial charge in [0.2, 0.25) is 0 Å². The fourth-order valence-corrected chi connectivity index (χ4v) is 1.95. The molecule has 0 unspecified atom stereocenters. The summed E-state index contributed by atoms with van der Waals surface area (Å²) in [5.74, 6) is 3.21. The van der Waals surface area contributed by atoms with Crippen LogP contribution in [0.4, 0.5) is 0 Å². The third kappa shape index (κ3) is 4.90. The second-order valence-corrected chi connectivity index (χ2v) is 5.04. The molecule has 0 amide bonds. The number of hydrogen-bond donors (Lipinski definition) is 1. The summed E-state index contributed by atoms with van der Waals surface area (Å²) in [6.07, 6.45) is 0.673. The number of aliphatic hydroxyl groups excluding tert-OH is 1. The quantitative estimate of drug-likeness (QED) is 0.742. The first kappa shape index (κ1) is 13.4. The Labute approximate surface area is 102 Å². The fraction of sp³-hybridized carbons (Fsp3) is 0.538. The van der Waals surface area contributed by atoms with Crippen molar-refractivity contribution in [1.82, 2.24) is 0 Å². The number of ether oxygens (including phenoxy) is 1. The molecule has 1 aromatic rings. The normalized spacial score (nSPS) is 12.4. The Morgan fingerprint density at radius 3 is 2.56 bits per heavy atom. The molecule has 2 nitrogen and oxygen atoms in total. The van der Waals surface area contributed by atoms with Crippen molar-refractivity contribution in [1.29, 1.82) is 0 Å². The first-order chi connectivity index (χ1) is 7.74. The maximum atomic E-state index is 9.34. The van der Waals surface area contributed by atoms with Gasteiger partial charge in [-0.3, -0.25) is 0 Å². The van der Waals surface area contributed by atoms with Crippen LogP contribution in [0.15, 0.2) is 24.3 Å². The highest BCUT2D eigenvalue weighted by molar-refractivity contribution is 7.99. The molecule has 0 spiro atoms. The highest BCUT2D eigenvalue weighted by atomic mass is 32.2. The maximum absolute atomic E-state index is 9.34. The molecule has 0 aliphatic rings. The van der Waals surface area contributed by atoms with Gasteiger partial charge in [0.1, 0.15) is 5.75 Å². The van der Waals surface area contributed by atoms with Crippen LogP contribution in [0.5, 0.6) is 5.75 Å². The summed E-state index contributed by atoms with van der Waals surface area (Å²) in [7, 11) is 0. The summed E-state index contributed by atoms with van der Waals surface area (Å²) in [6.45, 7) is 4.69. The second-order valence-electron chi connectivity index (χ2n) is 3.64. The molecule has 0 saturated heterocycles. The number of hydrogen-bond acceptors (Lipinski definition) is 3. The van der Waals surface area contributed by atoms with Gasteiger partial charge in [-0.15, -0.1) is 0 Å². The van der Waals surface area contributed by atoms with Gasteiger partial charge in [-0.05, 0) is 42.5 Å². The van der Waals surface area contributed by atoms with Crippen molar-refractivity contribution < 1.29 is 9.84 Å². The highest BCUT2D eigenvalue weighted by Gasteiger charge is 2.00. The first-order valence-corrected chi connectivity index (χ1v) is 6.88. The van der Waals surface area contributed by atoms with Crippen LogP contribution in [0.3, 0.4) is 0 Å². The van der Waals surface area contributed by atoms with E-state index in [-0.39, 0.29) is 0 Å². The van der Waals surface area contributed by atoms with Crippen LogP contribution in [-0.2, 0) is 0 Å². The average molecular weight is 240 g/mol. The van der Waals surface area contributed by atoms with Gasteiger partial charge >= 0.3 is 0 Å². The number of benzene rings is 1. The van der Waals surface area contributed by atoms with E-state index in [9.17, 15) is 5.11 Å². The lowest BCUT2D eigenvalue weighted by Gasteiger charge is -2.08. The summed E-state index contributed by atoms with van der Waals surface area (Å²) >= 11 is 1.94. The molecule has 1 atom stereocenters. The van der Waals surface area contributed by atoms with E-state index in [1.807, 2.05) is 36.0 Å². The van der Waals surface area contributed by atoms with Crippen molar-refractivity contribution >= 4 is 11.8 Å². The van der Waals surface area contributed by atoms with Crippen LogP contribution in [0.1, 0.15) is 31.9 Å². The minimum atomic E-state index is -0.407. The Bertz CT molecular complexity index is 282. The molecule has 0 bridgehead atoms. The van der Waals surface area contributed by atoms with Crippen molar-refractivity contribution in [2.75, 3.05) is 18.1 Å².